The molecule has 0 aliphatic carbocycles. The third-order valence-corrected chi connectivity index (χ3v) is 4.02. The summed E-state index contributed by atoms with van der Waals surface area (Å²) < 4.78 is 0. The number of aromatic nitrogens is 3. The summed E-state index contributed by atoms with van der Waals surface area (Å²) in [5.74, 6) is 7.79. The highest BCUT2D eigenvalue weighted by molar-refractivity contribution is 5.45. The van der Waals surface area contributed by atoms with E-state index in [2.05, 4.69) is 50.9 Å². The van der Waals surface area contributed by atoms with Crippen molar-refractivity contribution in [3.63, 3.8) is 0 Å². The van der Waals surface area contributed by atoms with Gasteiger partial charge in [0.1, 0.15) is 0 Å². The van der Waals surface area contributed by atoms with Crippen molar-refractivity contribution < 1.29 is 0 Å². The van der Waals surface area contributed by atoms with E-state index in [9.17, 15) is 0 Å². The Balaban J connectivity index is 2.29. The normalized spacial score (nSPS) is 16.6. The van der Waals surface area contributed by atoms with Gasteiger partial charge in [-0.3, -0.25) is 5.43 Å². The second kappa shape index (κ2) is 6.21. The van der Waals surface area contributed by atoms with Gasteiger partial charge in [0.25, 0.3) is 0 Å². The molecule has 2 heterocycles. The number of nitrogen functional groups attached to an aromatic ring is 1. The van der Waals surface area contributed by atoms with Crippen LogP contribution in [0.25, 0.3) is 0 Å². The Hall–Kier alpha value is -1.63. The van der Waals surface area contributed by atoms with Gasteiger partial charge in [0.15, 0.2) is 0 Å². The lowest BCUT2D eigenvalue weighted by atomic mass is 10.1. The lowest BCUT2D eigenvalue weighted by Crippen LogP contribution is -2.35. The quantitative estimate of drug-likeness (QED) is 0.619. The number of nitrogens with one attached hydrogen (secondary N) is 1. The molecule has 1 fully saturated rings. The average molecular weight is 279 g/mol. The van der Waals surface area contributed by atoms with E-state index in [4.69, 9.17) is 5.84 Å². The first-order chi connectivity index (χ1) is 9.52. The van der Waals surface area contributed by atoms with Gasteiger partial charge in [-0.15, -0.1) is 0 Å². The molecule has 0 amide bonds. The zero-order chi connectivity index (χ0) is 14.7. The van der Waals surface area contributed by atoms with Gasteiger partial charge >= 0.3 is 0 Å². The second-order valence-corrected chi connectivity index (χ2v) is 5.69. The van der Waals surface area contributed by atoms with Crippen molar-refractivity contribution in [1.29, 1.82) is 0 Å². The number of hydrogen-bond acceptors (Lipinski definition) is 7. The fourth-order valence-corrected chi connectivity index (χ4v) is 2.26. The third-order valence-electron chi connectivity index (χ3n) is 4.02. The minimum absolute atomic E-state index is 0.342. The Morgan fingerprint density at radius 2 is 1.80 bits per heavy atom. The highest BCUT2D eigenvalue weighted by Gasteiger charge is 2.21. The van der Waals surface area contributed by atoms with E-state index in [0.717, 1.165) is 13.1 Å². The lowest BCUT2D eigenvalue weighted by Gasteiger charge is -2.28. The van der Waals surface area contributed by atoms with Crippen LogP contribution in [0, 0.1) is 5.92 Å². The Bertz CT molecular complexity index is 442. The summed E-state index contributed by atoms with van der Waals surface area (Å²) in [5.41, 5.74) is 2.54. The molecule has 1 aromatic rings. The van der Waals surface area contributed by atoms with Crippen molar-refractivity contribution in [2.75, 3.05) is 35.4 Å². The van der Waals surface area contributed by atoms with Crippen molar-refractivity contribution in [3.8, 4) is 0 Å². The van der Waals surface area contributed by atoms with E-state index >= 15 is 0 Å². The molecule has 0 aromatic carbocycles. The molecule has 2 rings (SSSR count). The third kappa shape index (κ3) is 3.09. The summed E-state index contributed by atoms with van der Waals surface area (Å²) in [4.78, 5) is 17.6. The summed E-state index contributed by atoms with van der Waals surface area (Å²) in [7, 11) is 2.01. The van der Waals surface area contributed by atoms with E-state index in [1.807, 2.05) is 7.05 Å². The maximum atomic E-state index is 5.48. The van der Waals surface area contributed by atoms with Crippen LogP contribution in [-0.4, -0.2) is 41.1 Å². The Morgan fingerprint density at radius 3 is 2.35 bits per heavy atom. The molecule has 7 heteroatoms. The zero-order valence-electron chi connectivity index (χ0n) is 12.8. The van der Waals surface area contributed by atoms with Gasteiger partial charge < -0.3 is 9.80 Å². The molecule has 1 saturated heterocycles. The Morgan fingerprint density at radius 1 is 1.15 bits per heavy atom. The molecule has 7 nitrogen and oxygen atoms in total. The van der Waals surface area contributed by atoms with E-state index < -0.39 is 0 Å². The monoisotopic (exact) mass is 279 g/mol. The van der Waals surface area contributed by atoms with Gasteiger partial charge in [-0.2, -0.15) is 15.0 Å². The van der Waals surface area contributed by atoms with Gasteiger partial charge in [0.05, 0.1) is 0 Å². The summed E-state index contributed by atoms with van der Waals surface area (Å²) in [6.07, 6.45) is 2.37. The molecule has 0 saturated carbocycles. The molecule has 1 atom stereocenters. The number of rotatable bonds is 5. The average Bonchev–Trinajstić information content (AvgIpc) is 2.99. The minimum Gasteiger partial charge on any atom is -0.341 e. The van der Waals surface area contributed by atoms with Gasteiger partial charge in [0, 0.05) is 26.2 Å². The van der Waals surface area contributed by atoms with Crippen molar-refractivity contribution in [3.05, 3.63) is 0 Å². The SMILES string of the molecule is CC(C)C(C)N(C)c1nc(NN)nc(N2CCCC2)n1. The maximum Gasteiger partial charge on any atom is 0.243 e. The number of hydrazine groups is 1. The van der Waals surface area contributed by atoms with Gasteiger partial charge in [-0.05, 0) is 25.7 Å². The molecule has 0 bridgehead atoms. The highest BCUT2D eigenvalue weighted by Crippen LogP contribution is 2.21. The highest BCUT2D eigenvalue weighted by atomic mass is 15.4. The molecule has 112 valence electrons. The molecule has 20 heavy (non-hydrogen) atoms. The predicted octanol–water partition coefficient (Wildman–Crippen LogP) is 1.24. The second-order valence-electron chi connectivity index (χ2n) is 5.69. The zero-order valence-corrected chi connectivity index (χ0v) is 12.8. The summed E-state index contributed by atoms with van der Waals surface area (Å²) in [6.45, 7) is 8.53. The molecular formula is C13H25N7. The minimum atomic E-state index is 0.342. The maximum absolute atomic E-state index is 5.48. The molecule has 0 radical (unpaired) electrons. The molecule has 3 N–H and O–H groups in total. The van der Waals surface area contributed by atoms with Crippen molar-refractivity contribution in [2.24, 2.45) is 11.8 Å². The van der Waals surface area contributed by atoms with E-state index in [1.165, 1.54) is 12.8 Å². The fourth-order valence-electron chi connectivity index (χ4n) is 2.26. The number of anilines is 3. The first-order valence-corrected chi connectivity index (χ1v) is 7.23. The van der Waals surface area contributed by atoms with Crippen LogP contribution in [0.3, 0.4) is 0 Å². The van der Waals surface area contributed by atoms with E-state index in [-0.39, 0.29) is 0 Å². The van der Waals surface area contributed by atoms with Crippen LogP contribution < -0.4 is 21.1 Å². The van der Waals surface area contributed by atoms with Gasteiger partial charge in [0.2, 0.25) is 17.8 Å². The largest absolute Gasteiger partial charge is 0.341 e. The van der Waals surface area contributed by atoms with Crippen molar-refractivity contribution in [1.82, 2.24) is 15.0 Å². The van der Waals surface area contributed by atoms with Crippen molar-refractivity contribution >= 4 is 17.8 Å². The summed E-state index contributed by atoms with van der Waals surface area (Å²) >= 11 is 0. The Kier molecular flexibility index (Phi) is 4.59. The van der Waals surface area contributed by atoms with Gasteiger partial charge in [-0.1, -0.05) is 13.8 Å². The van der Waals surface area contributed by atoms with Crippen LogP contribution in [0.15, 0.2) is 0 Å². The van der Waals surface area contributed by atoms with Crippen molar-refractivity contribution in [2.45, 2.75) is 39.7 Å². The number of hydrogen-bond donors (Lipinski definition) is 2. The first-order valence-electron chi connectivity index (χ1n) is 7.23. The molecule has 1 aliphatic rings. The molecule has 1 aliphatic heterocycles. The molecule has 1 aromatic heterocycles. The van der Waals surface area contributed by atoms with Crippen LogP contribution >= 0.6 is 0 Å². The lowest BCUT2D eigenvalue weighted by molar-refractivity contribution is 0.499. The predicted molar refractivity (Wildman–Crippen MR) is 81.8 cm³/mol. The van der Waals surface area contributed by atoms with Crippen LogP contribution in [0.2, 0.25) is 0 Å². The van der Waals surface area contributed by atoms with Crippen LogP contribution in [0.5, 0.6) is 0 Å². The molecular weight excluding hydrogens is 254 g/mol. The fraction of sp³-hybridized carbons (Fsp3) is 0.769. The summed E-state index contributed by atoms with van der Waals surface area (Å²) in [5, 5.41) is 0. The Labute approximate surface area is 120 Å². The number of nitrogens with zero attached hydrogens (tertiary/aromatic N) is 5. The topological polar surface area (TPSA) is 83.2 Å². The molecule has 1 unspecified atom stereocenters. The van der Waals surface area contributed by atoms with E-state index in [0.29, 0.717) is 29.8 Å². The van der Waals surface area contributed by atoms with Crippen LogP contribution in [-0.2, 0) is 0 Å². The first kappa shape index (κ1) is 14.8. The number of nitrogens with two attached hydrogens (primary N) is 1. The van der Waals surface area contributed by atoms with Crippen LogP contribution in [0.1, 0.15) is 33.6 Å². The summed E-state index contributed by atoms with van der Waals surface area (Å²) in [6, 6.07) is 0.342. The smallest absolute Gasteiger partial charge is 0.243 e. The van der Waals surface area contributed by atoms with Crippen LogP contribution in [0.4, 0.5) is 17.8 Å². The molecule has 0 spiro atoms. The standard InChI is InChI=1S/C13H25N7/c1-9(2)10(3)19(4)12-15-11(18-14)16-13(17-12)20-7-5-6-8-20/h9-10H,5-8,14H2,1-4H3,(H,15,16,17,18). The van der Waals surface area contributed by atoms with Gasteiger partial charge in [-0.25, -0.2) is 5.84 Å². The van der Waals surface area contributed by atoms with E-state index in [1.54, 1.807) is 0 Å².